The highest BCUT2D eigenvalue weighted by molar-refractivity contribution is 5.94. The normalized spacial score (nSPS) is 26.9. The van der Waals surface area contributed by atoms with Crippen molar-refractivity contribution in [1.29, 1.82) is 0 Å². The molecule has 1 aromatic heterocycles. The third kappa shape index (κ3) is 2.62. The van der Waals surface area contributed by atoms with Crippen molar-refractivity contribution in [3.63, 3.8) is 0 Å². The Bertz CT molecular complexity index is 497. The molecule has 1 aliphatic carbocycles. The first-order chi connectivity index (χ1) is 8.94. The summed E-state index contributed by atoms with van der Waals surface area (Å²) in [6.45, 7) is 3.44. The quantitative estimate of drug-likeness (QED) is 0.869. The Hall–Kier alpha value is -1.85. The van der Waals surface area contributed by atoms with Crippen molar-refractivity contribution in [2.24, 2.45) is 5.92 Å². The maximum atomic E-state index is 12.1. The topological polar surface area (TPSA) is 92.4 Å². The number of rotatable bonds is 3. The monoisotopic (exact) mass is 266 g/mol. The molecular weight excluding hydrogens is 248 g/mol. The van der Waals surface area contributed by atoms with Crippen LogP contribution in [0.3, 0.4) is 0 Å². The van der Waals surface area contributed by atoms with Crippen LogP contribution in [0.15, 0.2) is 10.8 Å². The van der Waals surface area contributed by atoms with Gasteiger partial charge in [-0.25, -0.2) is 4.98 Å². The number of nitrogens with zero attached hydrogens (tertiary/aromatic N) is 1. The lowest BCUT2D eigenvalue weighted by Crippen LogP contribution is -2.55. The lowest BCUT2D eigenvalue weighted by molar-refractivity contribution is -0.145. The molecule has 0 bridgehead atoms. The molecule has 2 unspecified atom stereocenters. The zero-order chi connectivity index (χ0) is 14.0. The van der Waals surface area contributed by atoms with E-state index in [-0.39, 0.29) is 11.6 Å². The summed E-state index contributed by atoms with van der Waals surface area (Å²) in [5.74, 6) is -1.36. The van der Waals surface area contributed by atoms with Gasteiger partial charge in [-0.2, -0.15) is 0 Å². The van der Waals surface area contributed by atoms with Gasteiger partial charge >= 0.3 is 5.97 Å². The highest BCUT2D eigenvalue weighted by Gasteiger charge is 2.42. The number of aliphatic carboxylic acids is 1. The molecule has 1 aliphatic rings. The van der Waals surface area contributed by atoms with Crippen LogP contribution in [0.4, 0.5) is 0 Å². The second-order valence-corrected chi connectivity index (χ2v) is 5.27. The Kier molecular flexibility index (Phi) is 3.59. The summed E-state index contributed by atoms with van der Waals surface area (Å²) in [6, 6.07) is 0. The number of carbonyl (C=O) groups is 2. The number of aryl methyl sites for hydroxylation is 1. The third-order valence-corrected chi connectivity index (χ3v) is 3.87. The molecule has 1 fully saturated rings. The van der Waals surface area contributed by atoms with Crippen LogP contribution in [0, 0.1) is 12.8 Å². The van der Waals surface area contributed by atoms with Crippen molar-refractivity contribution in [1.82, 2.24) is 10.3 Å². The number of amides is 1. The van der Waals surface area contributed by atoms with Crippen LogP contribution in [0.25, 0.3) is 0 Å². The largest absolute Gasteiger partial charge is 0.481 e. The summed E-state index contributed by atoms with van der Waals surface area (Å²) < 4.78 is 4.99. The minimum Gasteiger partial charge on any atom is -0.481 e. The van der Waals surface area contributed by atoms with E-state index in [9.17, 15) is 14.7 Å². The van der Waals surface area contributed by atoms with E-state index in [2.05, 4.69) is 10.3 Å². The van der Waals surface area contributed by atoms with E-state index in [1.54, 1.807) is 13.8 Å². The van der Waals surface area contributed by atoms with Gasteiger partial charge in [-0.3, -0.25) is 9.59 Å². The summed E-state index contributed by atoms with van der Waals surface area (Å²) in [4.78, 5) is 27.3. The molecule has 0 spiro atoms. The van der Waals surface area contributed by atoms with Crippen LogP contribution in [0.2, 0.25) is 0 Å². The van der Waals surface area contributed by atoms with Crippen molar-refractivity contribution >= 4 is 11.9 Å². The Morgan fingerprint density at radius 3 is 2.84 bits per heavy atom. The van der Waals surface area contributed by atoms with Crippen molar-refractivity contribution < 1.29 is 19.1 Å². The summed E-state index contributed by atoms with van der Waals surface area (Å²) in [5.41, 5.74) is -0.511. The molecule has 1 heterocycles. The van der Waals surface area contributed by atoms with Gasteiger partial charge in [-0.05, 0) is 26.7 Å². The molecule has 0 aliphatic heterocycles. The zero-order valence-corrected chi connectivity index (χ0v) is 11.1. The Labute approximate surface area is 111 Å². The van der Waals surface area contributed by atoms with Crippen LogP contribution in [-0.2, 0) is 4.79 Å². The minimum atomic E-state index is -0.862. The first kappa shape index (κ1) is 13.6. The SMILES string of the molecule is Cc1ocnc1C(=O)NC1(C)CCCCC1C(=O)O. The predicted molar refractivity (Wildman–Crippen MR) is 66.7 cm³/mol. The predicted octanol–water partition coefficient (Wildman–Crippen LogP) is 1.75. The average Bonchev–Trinajstić information content (AvgIpc) is 2.75. The van der Waals surface area contributed by atoms with E-state index in [0.717, 1.165) is 12.8 Å². The second-order valence-electron chi connectivity index (χ2n) is 5.27. The van der Waals surface area contributed by atoms with E-state index in [1.165, 1.54) is 6.39 Å². The maximum absolute atomic E-state index is 12.1. The maximum Gasteiger partial charge on any atom is 0.308 e. The fourth-order valence-corrected chi connectivity index (χ4v) is 2.72. The molecule has 19 heavy (non-hydrogen) atoms. The molecule has 1 amide bonds. The van der Waals surface area contributed by atoms with Crippen LogP contribution in [0.1, 0.15) is 48.9 Å². The number of hydrogen-bond donors (Lipinski definition) is 2. The number of hydrogen-bond acceptors (Lipinski definition) is 4. The number of carboxylic acids is 1. The molecule has 6 nitrogen and oxygen atoms in total. The van der Waals surface area contributed by atoms with Gasteiger partial charge in [-0.15, -0.1) is 0 Å². The smallest absolute Gasteiger partial charge is 0.308 e. The fourth-order valence-electron chi connectivity index (χ4n) is 2.72. The molecule has 2 rings (SSSR count). The van der Waals surface area contributed by atoms with Crippen molar-refractivity contribution in [2.75, 3.05) is 0 Å². The number of aromatic nitrogens is 1. The van der Waals surface area contributed by atoms with E-state index >= 15 is 0 Å². The van der Waals surface area contributed by atoms with E-state index in [0.29, 0.717) is 18.6 Å². The van der Waals surface area contributed by atoms with Gasteiger partial charge in [0.2, 0.25) is 0 Å². The molecule has 104 valence electrons. The molecular formula is C13H18N2O4. The number of oxazole rings is 1. The van der Waals surface area contributed by atoms with Gasteiger partial charge in [0.1, 0.15) is 5.76 Å². The van der Waals surface area contributed by atoms with Crippen molar-refractivity contribution in [2.45, 2.75) is 45.1 Å². The average molecular weight is 266 g/mol. The standard InChI is InChI=1S/C13H18N2O4/c1-8-10(14-7-19-8)11(16)15-13(2)6-4-3-5-9(13)12(17)18/h7,9H,3-6H2,1-2H3,(H,15,16)(H,17,18). The van der Waals surface area contributed by atoms with Crippen LogP contribution >= 0.6 is 0 Å². The lowest BCUT2D eigenvalue weighted by atomic mass is 9.74. The molecule has 1 saturated carbocycles. The van der Waals surface area contributed by atoms with E-state index < -0.39 is 17.4 Å². The zero-order valence-electron chi connectivity index (χ0n) is 11.1. The first-order valence-corrected chi connectivity index (χ1v) is 6.39. The van der Waals surface area contributed by atoms with Crippen LogP contribution < -0.4 is 5.32 Å². The Balaban J connectivity index is 2.17. The highest BCUT2D eigenvalue weighted by Crippen LogP contribution is 2.34. The minimum absolute atomic E-state index is 0.218. The number of nitrogens with one attached hydrogen (secondary N) is 1. The molecule has 6 heteroatoms. The van der Waals surface area contributed by atoms with Gasteiger partial charge in [0, 0.05) is 0 Å². The van der Waals surface area contributed by atoms with Gasteiger partial charge in [0.05, 0.1) is 11.5 Å². The lowest BCUT2D eigenvalue weighted by Gasteiger charge is -2.39. The summed E-state index contributed by atoms with van der Waals surface area (Å²) in [7, 11) is 0. The van der Waals surface area contributed by atoms with Gasteiger partial charge in [0.25, 0.3) is 5.91 Å². The number of carbonyl (C=O) groups excluding carboxylic acids is 1. The summed E-state index contributed by atoms with van der Waals surface area (Å²) >= 11 is 0. The third-order valence-electron chi connectivity index (χ3n) is 3.87. The fraction of sp³-hybridized carbons (Fsp3) is 0.615. The van der Waals surface area contributed by atoms with Gasteiger partial charge in [0.15, 0.2) is 12.1 Å². The first-order valence-electron chi connectivity index (χ1n) is 6.39. The molecule has 0 radical (unpaired) electrons. The second kappa shape index (κ2) is 5.03. The molecule has 0 saturated heterocycles. The van der Waals surface area contributed by atoms with Crippen LogP contribution in [-0.4, -0.2) is 27.5 Å². The van der Waals surface area contributed by atoms with Crippen molar-refractivity contribution in [3.8, 4) is 0 Å². The molecule has 0 aromatic carbocycles. The van der Waals surface area contributed by atoms with Gasteiger partial charge in [-0.1, -0.05) is 12.8 Å². The molecule has 1 aromatic rings. The van der Waals surface area contributed by atoms with Crippen LogP contribution in [0.5, 0.6) is 0 Å². The highest BCUT2D eigenvalue weighted by atomic mass is 16.4. The van der Waals surface area contributed by atoms with E-state index in [4.69, 9.17) is 4.42 Å². The Morgan fingerprint density at radius 2 is 2.26 bits per heavy atom. The van der Waals surface area contributed by atoms with E-state index in [1.807, 2.05) is 0 Å². The number of carboxylic acid groups (broad SMARTS) is 1. The summed E-state index contributed by atoms with van der Waals surface area (Å²) in [5, 5.41) is 12.1. The molecule has 2 N–H and O–H groups in total. The molecule has 2 atom stereocenters. The summed E-state index contributed by atoms with van der Waals surface area (Å²) in [6.07, 6.45) is 4.25. The van der Waals surface area contributed by atoms with Gasteiger partial charge < -0.3 is 14.8 Å². The Morgan fingerprint density at radius 1 is 1.53 bits per heavy atom. The van der Waals surface area contributed by atoms with Crippen molar-refractivity contribution in [3.05, 3.63) is 17.8 Å².